The Bertz CT molecular complexity index is 142. The maximum Gasteiger partial charge on any atom is 0.0226 e. The number of hydrogen-bond acceptors (Lipinski definition) is 1. The molecule has 2 aliphatic carbocycles. The van der Waals surface area contributed by atoms with Gasteiger partial charge < -0.3 is 0 Å². The van der Waals surface area contributed by atoms with E-state index in [-0.39, 0.29) is 0 Å². The molecule has 12 heavy (non-hydrogen) atoms. The van der Waals surface area contributed by atoms with E-state index in [4.69, 9.17) is 11.8 Å². The van der Waals surface area contributed by atoms with Gasteiger partial charge in [-0.05, 0) is 61.6 Å². The van der Waals surface area contributed by atoms with Crippen LogP contribution in [-0.2, 0) is 0 Å². The molecule has 0 aromatic carbocycles. The zero-order valence-corrected chi connectivity index (χ0v) is 8.48. The molecule has 0 radical (unpaired) electrons. The molecule has 0 heterocycles. The number of halogens is 1. The molecule has 0 aliphatic heterocycles. The number of fused-ring (bicyclic) bond motifs is 2. The van der Waals surface area contributed by atoms with E-state index in [1.165, 1.54) is 32.1 Å². The molecule has 2 saturated carbocycles. The van der Waals surface area contributed by atoms with E-state index in [0.29, 0.717) is 6.04 Å². The highest BCUT2D eigenvalue weighted by Gasteiger charge is 2.34. The second-order valence-corrected chi connectivity index (χ2v) is 5.04. The average Bonchev–Trinajstić information content (AvgIpc) is 2.02. The Kier molecular flexibility index (Phi) is 2.61. The van der Waals surface area contributed by atoms with Crippen LogP contribution >= 0.6 is 11.8 Å². The van der Waals surface area contributed by atoms with Crippen LogP contribution in [0, 0.1) is 17.8 Å². The van der Waals surface area contributed by atoms with Gasteiger partial charge in [0.15, 0.2) is 0 Å². The molecule has 2 heteroatoms. The molecule has 2 unspecified atom stereocenters. The highest BCUT2D eigenvalue weighted by atomic mass is 35.5. The van der Waals surface area contributed by atoms with Crippen LogP contribution in [0.4, 0.5) is 0 Å². The summed E-state index contributed by atoms with van der Waals surface area (Å²) in [5.74, 6) is 2.89. The van der Waals surface area contributed by atoms with E-state index in [0.717, 1.165) is 17.8 Å². The molecule has 2 fully saturated rings. The van der Waals surface area contributed by atoms with Crippen molar-refractivity contribution in [1.82, 2.24) is 4.84 Å². The van der Waals surface area contributed by atoms with Crippen molar-refractivity contribution in [3.05, 3.63) is 0 Å². The Balaban J connectivity index is 1.96. The topological polar surface area (TPSA) is 12.0 Å². The second kappa shape index (κ2) is 3.55. The molecule has 0 spiro atoms. The minimum Gasteiger partial charge on any atom is -0.230 e. The first-order valence-electron chi connectivity index (χ1n) is 5.14. The summed E-state index contributed by atoms with van der Waals surface area (Å²) >= 11 is 5.68. The molecular weight excluding hydrogens is 170 g/mol. The van der Waals surface area contributed by atoms with Crippen LogP contribution in [0.2, 0.25) is 0 Å². The minimum absolute atomic E-state index is 0.600. The summed E-state index contributed by atoms with van der Waals surface area (Å²) in [6, 6.07) is 0.600. The van der Waals surface area contributed by atoms with Crippen molar-refractivity contribution in [2.75, 3.05) is 0 Å². The molecule has 70 valence electrons. The lowest BCUT2D eigenvalue weighted by atomic mass is 9.67. The Labute approximate surface area is 80.0 Å². The lowest BCUT2D eigenvalue weighted by Crippen LogP contribution is -2.37. The van der Waals surface area contributed by atoms with Crippen LogP contribution in [0.3, 0.4) is 0 Å². The maximum absolute atomic E-state index is 5.68. The zero-order valence-electron chi connectivity index (χ0n) is 7.72. The van der Waals surface area contributed by atoms with E-state index in [2.05, 4.69) is 11.8 Å². The molecule has 0 aromatic heterocycles. The monoisotopic (exact) mass is 187 g/mol. The van der Waals surface area contributed by atoms with Gasteiger partial charge in [0.1, 0.15) is 0 Å². The molecule has 1 nitrogen and oxygen atoms in total. The summed E-state index contributed by atoms with van der Waals surface area (Å²) in [5.41, 5.74) is 0. The van der Waals surface area contributed by atoms with Crippen molar-refractivity contribution in [1.29, 1.82) is 0 Å². The molecule has 0 amide bonds. The lowest BCUT2D eigenvalue weighted by Gasteiger charge is -2.41. The summed E-state index contributed by atoms with van der Waals surface area (Å²) in [6.07, 6.45) is 6.96. The second-order valence-electron chi connectivity index (χ2n) is 4.82. The Morgan fingerprint density at radius 3 is 2.08 bits per heavy atom. The normalized spacial score (nSPS) is 47.5. The Hall–Kier alpha value is 0.250. The van der Waals surface area contributed by atoms with Crippen molar-refractivity contribution in [3.8, 4) is 0 Å². The van der Waals surface area contributed by atoms with Gasteiger partial charge in [0.25, 0.3) is 0 Å². The summed E-state index contributed by atoms with van der Waals surface area (Å²) in [5, 5.41) is 0. The van der Waals surface area contributed by atoms with Crippen molar-refractivity contribution in [2.45, 2.75) is 45.1 Å². The van der Waals surface area contributed by atoms with Gasteiger partial charge in [-0.3, -0.25) is 0 Å². The molecular formula is C10H18ClN. The van der Waals surface area contributed by atoms with Gasteiger partial charge in [-0.1, -0.05) is 6.92 Å². The highest BCUT2D eigenvalue weighted by molar-refractivity contribution is 6.13. The molecule has 2 aliphatic rings. The van der Waals surface area contributed by atoms with Crippen molar-refractivity contribution in [2.24, 2.45) is 17.8 Å². The largest absolute Gasteiger partial charge is 0.230 e. The predicted octanol–water partition coefficient (Wildman–Crippen LogP) is 2.94. The third-order valence-electron chi connectivity index (χ3n) is 3.53. The van der Waals surface area contributed by atoms with E-state index in [1.807, 2.05) is 0 Å². The van der Waals surface area contributed by atoms with Crippen LogP contribution in [0.25, 0.3) is 0 Å². The van der Waals surface area contributed by atoms with Crippen LogP contribution in [0.5, 0.6) is 0 Å². The van der Waals surface area contributed by atoms with Crippen molar-refractivity contribution in [3.63, 3.8) is 0 Å². The third kappa shape index (κ3) is 1.77. The van der Waals surface area contributed by atoms with Gasteiger partial charge in [-0.2, -0.15) is 0 Å². The molecule has 0 saturated heterocycles. The first-order chi connectivity index (χ1) is 5.78. The van der Waals surface area contributed by atoms with E-state index < -0.39 is 0 Å². The fraction of sp³-hybridized carbons (Fsp3) is 1.00. The van der Waals surface area contributed by atoms with Crippen molar-refractivity contribution >= 4 is 11.8 Å². The maximum atomic E-state index is 5.68. The first kappa shape index (κ1) is 8.83. The number of rotatable bonds is 1. The first-order valence-corrected chi connectivity index (χ1v) is 5.52. The highest BCUT2D eigenvalue weighted by Crippen LogP contribution is 2.42. The third-order valence-corrected chi connectivity index (χ3v) is 3.84. The van der Waals surface area contributed by atoms with E-state index in [9.17, 15) is 0 Å². The minimum atomic E-state index is 0.600. The summed E-state index contributed by atoms with van der Waals surface area (Å²) in [6.45, 7) is 2.40. The van der Waals surface area contributed by atoms with E-state index in [1.54, 1.807) is 0 Å². The smallest absolute Gasteiger partial charge is 0.0226 e. The molecule has 2 bridgehead atoms. The Morgan fingerprint density at radius 2 is 1.58 bits per heavy atom. The van der Waals surface area contributed by atoms with E-state index >= 15 is 0 Å². The Morgan fingerprint density at radius 1 is 1.00 bits per heavy atom. The van der Waals surface area contributed by atoms with Crippen LogP contribution < -0.4 is 4.84 Å². The van der Waals surface area contributed by atoms with Crippen LogP contribution in [0.1, 0.15) is 39.0 Å². The summed E-state index contributed by atoms with van der Waals surface area (Å²) < 4.78 is 0. The van der Waals surface area contributed by atoms with Crippen LogP contribution in [0.15, 0.2) is 0 Å². The molecule has 2 atom stereocenters. The van der Waals surface area contributed by atoms with Gasteiger partial charge in [0.2, 0.25) is 0 Å². The quantitative estimate of drug-likeness (QED) is 0.623. The average molecular weight is 188 g/mol. The zero-order chi connectivity index (χ0) is 8.55. The lowest BCUT2D eigenvalue weighted by molar-refractivity contribution is 0.127. The molecule has 1 N–H and O–H groups in total. The summed E-state index contributed by atoms with van der Waals surface area (Å²) in [4.78, 5) is 2.92. The summed E-state index contributed by atoms with van der Waals surface area (Å²) in [7, 11) is 0. The fourth-order valence-corrected chi connectivity index (χ4v) is 3.45. The molecule has 0 aromatic rings. The fourth-order valence-electron chi connectivity index (χ4n) is 3.27. The van der Waals surface area contributed by atoms with Gasteiger partial charge in [-0.15, -0.1) is 0 Å². The molecule has 2 rings (SSSR count). The predicted molar refractivity (Wildman–Crippen MR) is 52.0 cm³/mol. The van der Waals surface area contributed by atoms with Crippen molar-refractivity contribution < 1.29 is 0 Å². The van der Waals surface area contributed by atoms with Gasteiger partial charge in [0.05, 0.1) is 0 Å². The number of nitrogens with one attached hydrogen (secondary N) is 1. The SMILES string of the molecule is C[C@H]1CC2CC(C1)C[C@@H](NCl)C2. The van der Waals surface area contributed by atoms with Gasteiger partial charge in [-0.25, -0.2) is 4.84 Å². The number of hydrogen-bond donors (Lipinski definition) is 1. The van der Waals surface area contributed by atoms with Crippen LogP contribution in [-0.4, -0.2) is 6.04 Å². The van der Waals surface area contributed by atoms with Gasteiger partial charge in [0, 0.05) is 6.04 Å². The standard InChI is InChI=1S/C10H18ClN/c1-7-2-8-4-9(3-7)6-10(5-8)12-11/h7-10,12H,2-6H2,1H3/t7-,8?,9?,10-. The van der Waals surface area contributed by atoms with Gasteiger partial charge >= 0.3 is 0 Å².